The highest BCUT2D eigenvalue weighted by atomic mass is 16.7. The minimum absolute atomic E-state index is 0.298. The molecule has 0 fully saturated rings. The average molecular weight is 567 g/mol. The summed E-state index contributed by atoms with van der Waals surface area (Å²) in [5.74, 6) is 0. The Hall–Kier alpha value is -3.06. The lowest BCUT2D eigenvalue weighted by molar-refractivity contribution is -0.273. The third-order valence-corrected chi connectivity index (χ3v) is 5.92. The maximum Gasteiger partial charge on any atom is 0.407 e. The maximum atomic E-state index is 11.8. The summed E-state index contributed by atoms with van der Waals surface area (Å²) in [4.78, 5) is 29.4. The second kappa shape index (κ2) is 30.5. The van der Waals surface area contributed by atoms with Crippen molar-refractivity contribution in [3.05, 3.63) is 12.7 Å². The Bertz CT molecular complexity index is 700. The monoisotopic (exact) mass is 566 g/mol. The molecule has 0 aliphatic rings. The van der Waals surface area contributed by atoms with E-state index in [0.717, 1.165) is 103 Å². The number of alkyl carbamates (subject to hydrolysis) is 1. The normalized spacial score (nSPS) is 10.4. The Labute approximate surface area is 240 Å². The zero-order valence-electron chi connectivity index (χ0n) is 24.2. The summed E-state index contributed by atoms with van der Waals surface area (Å²) in [5.41, 5.74) is 0. The van der Waals surface area contributed by atoms with E-state index in [2.05, 4.69) is 21.9 Å². The molecule has 0 rings (SSSR count). The number of hydroxylamine groups is 1. The van der Waals surface area contributed by atoms with Crippen molar-refractivity contribution < 1.29 is 28.6 Å². The van der Waals surface area contributed by atoms with Gasteiger partial charge >= 0.3 is 6.09 Å². The second-order valence-electron chi connectivity index (χ2n) is 9.23. The first-order valence-corrected chi connectivity index (χ1v) is 14.6. The van der Waals surface area contributed by atoms with Crippen molar-refractivity contribution in [3.63, 3.8) is 0 Å². The molecule has 12 heteroatoms. The molecule has 0 unspecified atom stereocenters. The van der Waals surface area contributed by atoms with Crippen molar-refractivity contribution in [2.75, 3.05) is 52.7 Å². The van der Waals surface area contributed by atoms with Crippen LogP contribution in [0.25, 0.3) is 0 Å². The van der Waals surface area contributed by atoms with Crippen molar-refractivity contribution in [1.82, 2.24) is 20.8 Å². The highest BCUT2D eigenvalue weighted by Gasteiger charge is 2.14. The van der Waals surface area contributed by atoms with E-state index >= 15 is 0 Å². The molecule has 0 bridgehead atoms. The molecule has 0 saturated carbocycles. The summed E-state index contributed by atoms with van der Waals surface area (Å²) < 4.78 is 14.5. The fraction of sp³-hybridized carbons (Fsp3) is 0.786. The first kappa shape index (κ1) is 36.9. The number of hydrogen-bond donors (Lipinski definition) is 2. The molecule has 0 atom stereocenters. The maximum absolute atomic E-state index is 11.8. The smallest absolute Gasteiger partial charge is 0.407 e. The van der Waals surface area contributed by atoms with Gasteiger partial charge in [-0.15, -0.1) is 6.58 Å². The van der Waals surface area contributed by atoms with Gasteiger partial charge in [0.15, 0.2) is 0 Å². The average Bonchev–Trinajstić information content (AvgIpc) is 2.96. The molecule has 228 valence electrons. The van der Waals surface area contributed by atoms with E-state index in [9.17, 15) is 9.59 Å². The van der Waals surface area contributed by atoms with Gasteiger partial charge in [0.25, 0.3) is 12.5 Å². The summed E-state index contributed by atoms with van der Waals surface area (Å²) in [5, 5.41) is 26.0. The number of amides is 2. The van der Waals surface area contributed by atoms with Gasteiger partial charge in [0.1, 0.15) is 19.9 Å². The van der Waals surface area contributed by atoms with Crippen LogP contribution in [0.5, 0.6) is 0 Å². The minimum Gasteiger partial charge on any atom is -0.450 e. The lowest BCUT2D eigenvalue weighted by Gasteiger charge is -2.31. The molecule has 0 aliphatic heterocycles. The lowest BCUT2D eigenvalue weighted by Crippen LogP contribution is -2.44. The van der Waals surface area contributed by atoms with E-state index in [-0.39, 0.29) is 6.09 Å². The van der Waals surface area contributed by atoms with Crippen molar-refractivity contribution in [2.45, 2.75) is 89.9 Å². The number of carbonyl (C=O) groups is 2. The predicted octanol–water partition coefficient (Wildman–Crippen LogP) is 4.51. The number of ether oxygens (including phenoxy) is 3. The zero-order valence-corrected chi connectivity index (χ0v) is 24.2. The Morgan fingerprint density at radius 2 is 1.38 bits per heavy atom. The number of nitrogens with zero attached hydrogens (tertiary/aromatic N) is 4. The van der Waals surface area contributed by atoms with Crippen LogP contribution in [0.4, 0.5) is 4.79 Å². The number of rotatable bonds is 30. The number of carbonyl (C=O) groups excluding carboxylic acids is 2. The van der Waals surface area contributed by atoms with Crippen LogP contribution >= 0.6 is 0 Å². The quantitative estimate of drug-likeness (QED) is 0.0317. The van der Waals surface area contributed by atoms with Gasteiger partial charge < -0.3 is 19.5 Å². The molecule has 40 heavy (non-hydrogen) atoms. The van der Waals surface area contributed by atoms with Gasteiger partial charge in [-0.25, -0.2) is 4.79 Å². The van der Waals surface area contributed by atoms with Crippen LogP contribution in [-0.4, -0.2) is 75.4 Å². The Morgan fingerprint density at radius 1 is 0.775 bits per heavy atom. The Kier molecular flexibility index (Phi) is 28.1. The molecule has 2 N–H and O–H groups in total. The van der Waals surface area contributed by atoms with Gasteiger partial charge in [0, 0.05) is 19.6 Å². The third kappa shape index (κ3) is 25.2. The number of nitriles is 2. The van der Waals surface area contributed by atoms with Gasteiger partial charge in [-0.2, -0.15) is 10.5 Å². The minimum atomic E-state index is -0.386. The van der Waals surface area contributed by atoms with Gasteiger partial charge in [-0.3, -0.25) is 20.0 Å². The van der Waals surface area contributed by atoms with Crippen LogP contribution in [-0.2, 0) is 23.8 Å². The van der Waals surface area contributed by atoms with Gasteiger partial charge in [-0.1, -0.05) is 36.9 Å². The number of allylic oxidation sites excluding steroid dienone is 1. The molecule has 0 heterocycles. The number of hydrogen-bond acceptors (Lipinski definition) is 10. The Morgan fingerprint density at radius 3 is 2.00 bits per heavy atom. The SMILES string of the molecule is C=CCCCOC(=O)NCCCCCCN(OCNCCCCCCOC#N)N(C=O)CCCCCCOC#N. The highest BCUT2D eigenvalue weighted by molar-refractivity contribution is 5.66. The summed E-state index contributed by atoms with van der Waals surface area (Å²) in [6.07, 6.45) is 18.1. The highest BCUT2D eigenvalue weighted by Crippen LogP contribution is 2.08. The van der Waals surface area contributed by atoms with Crippen LogP contribution in [0.3, 0.4) is 0 Å². The molecule has 0 aliphatic carbocycles. The van der Waals surface area contributed by atoms with E-state index in [4.69, 9.17) is 24.8 Å². The van der Waals surface area contributed by atoms with Crippen molar-refractivity contribution in [2.24, 2.45) is 0 Å². The first-order chi connectivity index (χ1) is 19.7. The topological polar surface area (TPSA) is 149 Å². The van der Waals surface area contributed by atoms with Crippen molar-refractivity contribution in [1.29, 1.82) is 10.5 Å². The number of unbranched alkanes of at least 4 members (excludes halogenated alkanes) is 10. The van der Waals surface area contributed by atoms with Crippen LogP contribution < -0.4 is 10.6 Å². The van der Waals surface area contributed by atoms with Gasteiger partial charge in [-0.05, 0) is 70.8 Å². The van der Waals surface area contributed by atoms with E-state index in [1.807, 2.05) is 0 Å². The lowest BCUT2D eigenvalue weighted by atomic mass is 10.2. The Balaban J connectivity index is 4.28. The summed E-state index contributed by atoms with van der Waals surface area (Å²) in [6.45, 7) is 7.71. The molecule has 0 radical (unpaired) electrons. The molecule has 0 aromatic carbocycles. The summed E-state index contributed by atoms with van der Waals surface area (Å²) in [7, 11) is 0. The molecular weight excluding hydrogens is 516 g/mol. The molecule has 0 aromatic heterocycles. The number of nitrogens with one attached hydrogen (secondary N) is 2. The van der Waals surface area contributed by atoms with E-state index < -0.39 is 0 Å². The largest absolute Gasteiger partial charge is 0.450 e. The second-order valence-corrected chi connectivity index (χ2v) is 9.23. The van der Waals surface area contributed by atoms with Gasteiger partial charge in [0.05, 0.1) is 6.61 Å². The van der Waals surface area contributed by atoms with E-state index in [0.29, 0.717) is 46.2 Å². The van der Waals surface area contributed by atoms with Crippen molar-refractivity contribution in [3.8, 4) is 12.5 Å². The van der Waals surface area contributed by atoms with Gasteiger partial charge in [0.2, 0.25) is 6.41 Å². The summed E-state index contributed by atoms with van der Waals surface area (Å²) in [6, 6.07) is 0. The predicted molar refractivity (Wildman–Crippen MR) is 151 cm³/mol. The zero-order chi connectivity index (χ0) is 29.4. The third-order valence-electron chi connectivity index (χ3n) is 5.92. The molecule has 2 amide bonds. The molecule has 0 spiro atoms. The van der Waals surface area contributed by atoms with E-state index in [1.54, 1.807) is 28.8 Å². The van der Waals surface area contributed by atoms with Crippen LogP contribution in [0.15, 0.2) is 12.7 Å². The fourth-order valence-corrected chi connectivity index (χ4v) is 3.71. The van der Waals surface area contributed by atoms with Crippen LogP contribution in [0.2, 0.25) is 0 Å². The molecule has 0 saturated heterocycles. The molecular formula is C28H50N6O6. The first-order valence-electron chi connectivity index (χ1n) is 14.6. The fourth-order valence-electron chi connectivity index (χ4n) is 3.71. The van der Waals surface area contributed by atoms with E-state index in [1.165, 1.54) is 0 Å². The van der Waals surface area contributed by atoms with Crippen LogP contribution in [0.1, 0.15) is 89.9 Å². The number of hydrazine groups is 1. The van der Waals surface area contributed by atoms with Crippen LogP contribution in [0, 0.1) is 23.0 Å². The molecule has 0 aromatic rings. The molecule has 12 nitrogen and oxygen atoms in total. The van der Waals surface area contributed by atoms with Crippen molar-refractivity contribution >= 4 is 12.5 Å². The summed E-state index contributed by atoms with van der Waals surface area (Å²) >= 11 is 0. The standard InChI is InChI=1S/C28H50N6O6/c1-2-3-14-23-39-28(36)32-18-11-4-6-13-20-34(33(27-35)19-12-7-9-16-22-38-25-30)40-26-31-17-10-5-8-15-21-37-24-29/h2,27,31H,1,3-23,26H2,(H,32,36).